The summed E-state index contributed by atoms with van der Waals surface area (Å²) >= 11 is 7.08. The molecule has 0 aliphatic carbocycles. The Morgan fingerprint density at radius 1 is 1.29 bits per heavy atom. The van der Waals surface area contributed by atoms with E-state index < -0.39 is 0 Å². The number of thioether (sulfide) groups is 1. The lowest BCUT2D eigenvalue weighted by Gasteiger charge is -2.00. The molecule has 0 saturated carbocycles. The van der Waals surface area contributed by atoms with E-state index in [1.54, 1.807) is 29.8 Å². The summed E-state index contributed by atoms with van der Waals surface area (Å²) in [6, 6.07) is 10.7. The lowest BCUT2D eigenvalue weighted by molar-refractivity contribution is 0.106. The van der Waals surface area contributed by atoms with Crippen LogP contribution in [0.1, 0.15) is 10.6 Å². The smallest absolute Gasteiger partial charge is 0.262 e. The van der Waals surface area contributed by atoms with Gasteiger partial charge in [-0.15, -0.1) is 10.2 Å². The van der Waals surface area contributed by atoms with Crippen LogP contribution in [0, 0.1) is 0 Å². The maximum Gasteiger partial charge on any atom is 0.262 e. The number of halogens is 1. The maximum absolute atomic E-state index is 12.1. The molecule has 7 heteroatoms. The van der Waals surface area contributed by atoms with Crippen LogP contribution in [0.3, 0.4) is 0 Å². The second-order valence-corrected chi connectivity index (χ2v) is 5.60. The van der Waals surface area contributed by atoms with Crippen LogP contribution in [0.5, 0.6) is 0 Å². The molecule has 0 atom stereocenters. The van der Waals surface area contributed by atoms with Gasteiger partial charge in [-0.1, -0.05) is 23.7 Å². The number of furan rings is 1. The Morgan fingerprint density at radius 3 is 2.81 bits per heavy atom. The van der Waals surface area contributed by atoms with E-state index in [1.807, 2.05) is 18.2 Å². The van der Waals surface area contributed by atoms with Crippen molar-refractivity contribution in [3.05, 3.63) is 53.5 Å². The van der Waals surface area contributed by atoms with E-state index in [1.165, 1.54) is 6.33 Å². The van der Waals surface area contributed by atoms with Crippen LogP contribution in [0.15, 0.2) is 52.3 Å². The highest BCUT2D eigenvalue weighted by Crippen LogP contribution is 2.30. The van der Waals surface area contributed by atoms with Gasteiger partial charge in [-0.05, 0) is 36.0 Å². The van der Waals surface area contributed by atoms with Crippen molar-refractivity contribution < 1.29 is 9.21 Å². The summed E-state index contributed by atoms with van der Waals surface area (Å²) in [7, 11) is 1.77. The molecule has 0 bridgehead atoms. The fourth-order valence-electron chi connectivity index (χ4n) is 1.75. The van der Waals surface area contributed by atoms with Crippen LogP contribution in [-0.4, -0.2) is 19.9 Å². The normalized spacial score (nSPS) is 10.8. The van der Waals surface area contributed by atoms with E-state index in [4.69, 9.17) is 16.0 Å². The van der Waals surface area contributed by atoms with Gasteiger partial charge in [0.1, 0.15) is 12.1 Å². The molecule has 0 saturated heterocycles. The number of hydrogen-bond donors (Lipinski definition) is 0. The molecule has 3 aromatic rings. The fourth-order valence-corrected chi connectivity index (χ4v) is 2.64. The van der Waals surface area contributed by atoms with Crippen molar-refractivity contribution in [1.29, 1.82) is 0 Å². The summed E-state index contributed by atoms with van der Waals surface area (Å²) in [6.45, 7) is 0. The zero-order chi connectivity index (χ0) is 14.8. The van der Waals surface area contributed by atoms with Crippen molar-refractivity contribution in [2.24, 2.45) is 7.05 Å². The summed E-state index contributed by atoms with van der Waals surface area (Å²) in [6.07, 6.45) is 1.53. The first kappa shape index (κ1) is 13.9. The Kier molecular flexibility index (Phi) is 3.81. The van der Waals surface area contributed by atoms with Crippen LogP contribution < -0.4 is 0 Å². The van der Waals surface area contributed by atoms with Crippen LogP contribution in [0.25, 0.3) is 11.3 Å². The Labute approximate surface area is 129 Å². The third-order valence-corrected chi connectivity index (χ3v) is 4.07. The standard InChI is InChI=1S/C14H10ClN3O2S/c1-18-8-16-17-14(18)21-13(19)12-7-6-11(20-12)9-4-2-3-5-10(9)15/h2-8H,1H3. The number of nitrogens with zero attached hydrogens (tertiary/aromatic N) is 3. The minimum absolute atomic E-state index is 0.232. The van der Waals surface area contributed by atoms with Crippen molar-refractivity contribution in [2.75, 3.05) is 0 Å². The number of benzene rings is 1. The second-order valence-electron chi connectivity index (χ2n) is 4.26. The third kappa shape index (κ3) is 2.86. The molecule has 0 amide bonds. The van der Waals surface area contributed by atoms with Gasteiger partial charge in [0.25, 0.3) is 5.12 Å². The van der Waals surface area contributed by atoms with Crippen molar-refractivity contribution in [1.82, 2.24) is 14.8 Å². The van der Waals surface area contributed by atoms with Crippen molar-refractivity contribution >= 4 is 28.5 Å². The van der Waals surface area contributed by atoms with Crippen molar-refractivity contribution in [3.8, 4) is 11.3 Å². The molecule has 2 aromatic heterocycles. The largest absolute Gasteiger partial charge is 0.452 e. The highest BCUT2D eigenvalue weighted by atomic mass is 35.5. The predicted molar refractivity (Wildman–Crippen MR) is 80.3 cm³/mol. The highest BCUT2D eigenvalue weighted by Gasteiger charge is 2.17. The Bertz CT molecular complexity index is 797. The number of hydrogen-bond acceptors (Lipinski definition) is 5. The first-order chi connectivity index (χ1) is 10.1. The zero-order valence-electron chi connectivity index (χ0n) is 11.0. The molecule has 0 radical (unpaired) electrons. The second kappa shape index (κ2) is 5.75. The lowest BCUT2D eigenvalue weighted by Crippen LogP contribution is -1.95. The van der Waals surface area contributed by atoms with Gasteiger partial charge in [0.15, 0.2) is 10.9 Å². The van der Waals surface area contributed by atoms with Crippen molar-refractivity contribution in [2.45, 2.75) is 5.16 Å². The van der Waals surface area contributed by atoms with Gasteiger partial charge >= 0.3 is 0 Å². The predicted octanol–water partition coefficient (Wildman–Crippen LogP) is 3.66. The SMILES string of the molecule is Cn1cnnc1SC(=O)c1ccc(-c2ccccc2Cl)o1. The maximum atomic E-state index is 12.1. The fraction of sp³-hybridized carbons (Fsp3) is 0.0714. The molecule has 21 heavy (non-hydrogen) atoms. The number of carbonyl (C=O) groups excluding carboxylic acids is 1. The molecule has 1 aromatic carbocycles. The van der Waals surface area contributed by atoms with Gasteiger partial charge in [-0.2, -0.15) is 0 Å². The number of rotatable bonds is 3. The molecule has 0 fully saturated rings. The first-order valence-corrected chi connectivity index (χ1v) is 7.25. The average Bonchev–Trinajstić information content (AvgIpc) is 3.09. The number of aryl methyl sites for hydroxylation is 1. The topological polar surface area (TPSA) is 60.9 Å². The molecule has 106 valence electrons. The molecule has 0 aliphatic heterocycles. The zero-order valence-corrected chi connectivity index (χ0v) is 12.6. The molecule has 0 spiro atoms. The minimum Gasteiger partial charge on any atom is -0.452 e. The van der Waals surface area contributed by atoms with E-state index in [-0.39, 0.29) is 10.9 Å². The van der Waals surface area contributed by atoms with Crippen molar-refractivity contribution in [3.63, 3.8) is 0 Å². The van der Waals surface area contributed by atoms with Crippen LogP contribution in [-0.2, 0) is 7.05 Å². The molecule has 3 rings (SSSR count). The number of aromatic nitrogens is 3. The summed E-state index contributed by atoms with van der Waals surface area (Å²) in [5.74, 6) is 0.806. The van der Waals surface area contributed by atoms with Gasteiger partial charge in [0.05, 0.1) is 5.02 Å². The van der Waals surface area contributed by atoms with E-state index in [0.29, 0.717) is 15.9 Å². The average molecular weight is 320 g/mol. The number of carbonyl (C=O) groups is 1. The molecule has 0 unspecified atom stereocenters. The van der Waals surface area contributed by atoms with E-state index >= 15 is 0 Å². The third-order valence-electron chi connectivity index (χ3n) is 2.80. The highest BCUT2D eigenvalue weighted by molar-refractivity contribution is 8.14. The molecular weight excluding hydrogens is 310 g/mol. The minimum atomic E-state index is -0.232. The van der Waals surface area contributed by atoms with Gasteiger partial charge in [0.2, 0.25) is 0 Å². The van der Waals surface area contributed by atoms with Gasteiger partial charge < -0.3 is 8.98 Å². The van der Waals surface area contributed by atoms with E-state index in [9.17, 15) is 4.79 Å². The van der Waals surface area contributed by atoms with Gasteiger partial charge in [-0.25, -0.2) is 0 Å². The van der Waals surface area contributed by atoms with Crippen LogP contribution in [0.2, 0.25) is 5.02 Å². The molecule has 0 aliphatic rings. The van der Waals surface area contributed by atoms with E-state index in [2.05, 4.69) is 10.2 Å². The van der Waals surface area contributed by atoms with E-state index in [0.717, 1.165) is 17.3 Å². The summed E-state index contributed by atoms with van der Waals surface area (Å²) < 4.78 is 7.26. The van der Waals surface area contributed by atoms with Gasteiger partial charge in [-0.3, -0.25) is 4.79 Å². The molecule has 0 N–H and O–H groups in total. The van der Waals surface area contributed by atoms with Gasteiger partial charge in [0, 0.05) is 12.6 Å². The monoisotopic (exact) mass is 319 g/mol. The lowest BCUT2D eigenvalue weighted by atomic mass is 10.2. The molecule has 5 nitrogen and oxygen atoms in total. The molecule has 2 heterocycles. The summed E-state index contributed by atoms with van der Waals surface area (Å²) in [5.41, 5.74) is 0.752. The summed E-state index contributed by atoms with van der Waals surface area (Å²) in [5, 5.41) is 8.43. The Balaban J connectivity index is 1.84. The Hall–Kier alpha value is -2.05. The Morgan fingerprint density at radius 2 is 2.10 bits per heavy atom. The molecular formula is C14H10ClN3O2S. The summed E-state index contributed by atoms with van der Waals surface area (Å²) in [4.78, 5) is 12.1. The van der Waals surface area contributed by atoms with Crippen LogP contribution in [0.4, 0.5) is 0 Å². The first-order valence-electron chi connectivity index (χ1n) is 6.06. The van der Waals surface area contributed by atoms with Crippen LogP contribution >= 0.6 is 23.4 Å². The quantitative estimate of drug-likeness (QED) is 0.689.